The van der Waals surface area contributed by atoms with Gasteiger partial charge in [0.05, 0.1) is 26.7 Å². The average molecular weight is 340 g/mol. The van der Waals surface area contributed by atoms with E-state index in [4.69, 9.17) is 51.1 Å². The Hall–Kier alpha value is -0.810. The topological polar surface area (TPSA) is 52.1 Å². The van der Waals surface area contributed by atoms with Crippen LogP contribution in [0.3, 0.4) is 0 Å². The number of carbonyl (C=O) groups is 1. The molecule has 0 spiro atoms. The maximum Gasteiger partial charge on any atom is 0.360 e. The molecule has 0 aliphatic heterocycles. The van der Waals surface area contributed by atoms with Crippen molar-refractivity contribution in [3.63, 3.8) is 0 Å². The molecule has 2 rings (SSSR count). The van der Waals surface area contributed by atoms with E-state index in [2.05, 4.69) is 10.2 Å². The van der Waals surface area contributed by atoms with Gasteiger partial charge in [-0.25, -0.2) is 4.79 Å². The minimum atomic E-state index is -0.663. The number of esters is 1. The fourth-order valence-corrected chi connectivity index (χ4v) is 2.35. The third-order valence-corrected chi connectivity index (χ3v) is 3.93. The standard InChI is InChI=1S/C11H6Cl4N2O2/c1-2-19-11(18)10-6(13)4-3-5(12)7(14)8(15)9(4)16-17-10/h3H,2H2,1H3. The van der Waals surface area contributed by atoms with Gasteiger partial charge < -0.3 is 4.74 Å². The predicted molar refractivity (Wildman–Crippen MR) is 75.5 cm³/mol. The Labute approximate surface area is 128 Å². The third kappa shape index (κ3) is 2.58. The molecule has 1 heterocycles. The first-order valence-electron chi connectivity index (χ1n) is 5.13. The SMILES string of the molecule is CCOC(=O)c1nnc2c(Cl)c(Cl)c(Cl)cc2c1Cl. The molecule has 0 fully saturated rings. The summed E-state index contributed by atoms with van der Waals surface area (Å²) in [5, 5.41) is 8.51. The Morgan fingerprint density at radius 2 is 1.84 bits per heavy atom. The Morgan fingerprint density at radius 3 is 2.47 bits per heavy atom. The first kappa shape index (κ1) is 14.6. The smallest absolute Gasteiger partial charge is 0.360 e. The molecule has 1 aromatic carbocycles. The van der Waals surface area contributed by atoms with E-state index in [9.17, 15) is 4.79 Å². The molecule has 0 aliphatic carbocycles. The van der Waals surface area contributed by atoms with Gasteiger partial charge >= 0.3 is 5.97 Å². The predicted octanol–water partition coefficient (Wildman–Crippen LogP) is 4.42. The highest BCUT2D eigenvalue weighted by atomic mass is 35.5. The van der Waals surface area contributed by atoms with Crippen molar-refractivity contribution in [3.8, 4) is 0 Å². The van der Waals surface area contributed by atoms with Crippen LogP contribution in [0.5, 0.6) is 0 Å². The van der Waals surface area contributed by atoms with Crippen molar-refractivity contribution in [2.45, 2.75) is 6.92 Å². The number of carbonyl (C=O) groups excluding carboxylic acids is 1. The number of rotatable bonds is 2. The average Bonchev–Trinajstić information content (AvgIpc) is 2.38. The highest BCUT2D eigenvalue weighted by molar-refractivity contribution is 6.51. The van der Waals surface area contributed by atoms with Crippen LogP contribution in [0.15, 0.2) is 6.07 Å². The van der Waals surface area contributed by atoms with Crippen LogP contribution in [-0.4, -0.2) is 22.8 Å². The summed E-state index contributed by atoms with van der Waals surface area (Å²) < 4.78 is 4.82. The number of benzene rings is 1. The maximum atomic E-state index is 11.6. The number of aromatic nitrogens is 2. The van der Waals surface area contributed by atoms with E-state index in [0.29, 0.717) is 5.39 Å². The molecule has 2 aromatic rings. The van der Waals surface area contributed by atoms with Gasteiger partial charge in [0.1, 0.15) is 5.52 Å². The fraction of sp³-hybridized carbons (Fsp3) is 0.182. The molecule has 4 nitrogen and oxygen atoms in total. The lowest BCUT2D eigenvalue weighted by atomic mass is 10.2. The fourth-order valence-electron chi connectivity index (χ4n) is 1.45. The molecule has 0 bridgehead atoms. The highest BCUT2D eigenvalue weighted by Gasteiger charge is 2.20. The lowest BCUT2D eigenvalue weighted by molar-refractivity contribution is 0.0518. The van der Waals surface area contributed by atoms with Crippen LogP contribution in [-0.2, 0) is 4.74 Å². The highest BCUT2D eigenvalue weighted by Crippen LogP contribution is 2.38. The van der Waals surface area contributed by atoms with Crippen LogP contribution in [0, 0.1) is 0 Å². The van der Waals surface area contributed by atoms with E-state index in [1.807, 2.05) is 0 Å². The molecule has 0 atom stereocenters. The van der Waals surface area contributed by atoms with Crippen molar-refractivity contribution in [1.82, 2.24) is 10.2 Å². The van der Waals surface area contributed by atoms with E-state index in [0.717, 1.165) is 0 Å². The summed E-state index contributed by atoms with van der Waals surface area (Å²) in [6.45, 7) is 1.88. The molecule has 100 valence electrons. The zero-order valence-electron chi connectivity index (χ0n) is 9.51. The lowest BCUT2D eigenvalue weighted by Gasteiger charge is -2.08. The molecule has 8 heteroatoms. The van der Waals surface area contributed by atoms with Gasteiger partial charge in [-0.05, 0) is 13.0 Å². The monoisotopic (exact) mass is 338 g/mol. The number of ether oxygens (including phenoxy) is 1. The lowest BCUT2D eigenvalue weighted by Crippen LogP contribution is -2.09. The van der Waals surface area contributed by atoms with E-state index in [1.165, 1.54) is 6.07 Å². The van der Waals surface area contributed by atoms with Gasteiger partial charge in [0.2, 0.25) is 0 Å². The van der Waals surface area contributed by atoms with Crippen LogP contribution in [0.1, 0.15) is 17.4 Å². The van der Waals surface area contributed by atoms with Gasteiger partial charge in [-0.15, -0.1) is 10.2 Å². The van der Waals surface area contributed by atoms with Gasteiger partial charge in [-0.2, -0.15) is 0 Å². The van der Waals surface area contributed by atoms with Crippen molar-refractivity contribution in [2.24, 2.45) is 0 Å². The van der Waals surface area contributed by atoms with E-state index >= 15 is 0 Å². The minimum absolute atomic E-state index is 0.0731. The molecule has 0 N–H and O–H groups in total. The minimum Gasteiger partial charge on any atom is -0.461 e. The number of nitrogens with zero attached hydrogens (tertiary/aromatic N) is 2. The van der Waals surface area contributed by atoms with Crippen molar-refractivity contribution in [1.29, 1.82) is 0 Å². The second kappa shape index (κ2) is 5.67. The quantitative estimate of drug-likeness (QED) is 0.600. The van der Waals surface area contributed by atoms with Crippen LogP contribution in [0.25, 0.3) is 10.9 Å². The van der Waals surface area contributed by atoms with Crippen molar-refractivity contribution >= 4 is 63.3 Å². The van der Waals surface area contributed by atoms with E-state index in [-0.39, 0.29) is 37.9 Å². The largest absolute Gasteiger partial charge is 0.461 e. The molecule has 0 saturated heterocycles. The summed E-state index contributed by atoms with van der Waals surface area (Å²) in [7, 11) is 0. The van der Waals surface area contributed by atoms with Gasteiger partial charge in [-0.1, -0.05) is 46.4 Å². The van der Waals surface area contributed by atoms with Crippen LogP contribution in [0.2, 0.25) is 20.1 Å². The number of fused-ring (bicyclic) bond motifs is 1. The summed E-state index contributed by atoms with van der Waals surface area (Å²) in [6.07, 6.45) is 0. The van der Waals surface area contributed by atoms with E-state index in [1.54, 1.807) is 6.92 Å². The zero-order chi connectivity index (χ0) is 14.2. The van der Waals surface area contributed by atoms with Gasteiger partial charge in [0.25, 0.3) is 0 Å². The normalized spacial score (nSPS) is 10.8. The third-order valence-electron chi connectivity index (χ3n) is 2.30. The number of hydrogen-bond donors (Lipinski definition) is 0. The van der Waals surface area contributed by atoms with Crippen molar-refractivity contribution in [2.75, 3.05) is 6.61 Å². The summed E-state index contributed by atoms with van der Waals surface area (Å²) >= 11 is 23.9. The summed E-state index contributed by atoms with van der Waals surface area (Å²) in [6, 6.07) is 1.48. The Bertz CT molecular complexity index is 676. The van der Waals surface area contributed by atoms with Crippen molar-refractivity contribution < 1.29 is 9.53 Å². The Balaban J connectivity index is 2.72. The second-order valence-corrected chi connectivity index (χ2v) is 5.01. The molecule has 1 aromatic heterocycles. The molecule has 19 heavy (non-hydrogen) atoms. The first-order valence-corrected chi connectivity index (χ1v) is 6.65. The molecular formula is C11H6Cl4N2O2. The summed E-state index contributed by atoms with van der Waals surface area (Å²) in [5.74, 6) is -0.663. The van der Waals surface area contributed by atoms with Crippen LogP contribution in [0.4, 0.5) is 0 Å². The van der Waals surface area contributed by atoms with Crippen LogP contribution < -0.4 is 0 Å². The number of halogens is 4. The van der Waals surface area contributed by atoms with Crippen molar-refractivity contribution in [3.05, 3.63) is 31.9 Å². The zero-order valence-corrected chi connectivity index (χ0v) is 12.5. The molecule has 0 saturated carbocycles. The molecule has 0 aliphatic rings. The maximum absolute atomic E-state index is 11.6. The Morgan fingerprint density at radius 1 is 1.16 bits per heavy atom. The first-order chi connectivity index (χ1) is 8.97. The van der Waals surface area contributed by atoms with Gasteiger partial charge in [-0.3, -0.25) is 0 Å². The van der Waals surface area contributed by atoms with E-state index < -0.39 is 5.97 Å². The Kier molecular flexibility index (Phi) is 4.36. The van der Waals surface area contributed by atoms with Gasteiger partial charge in [0, 0.05) is 5.39 Å². The summed E-state index contributed by atoms with van der Waals surface area (Å²) in [5.41, 5.74) is 0.180. The number of hydrogen-bond acceptors (Lipinski definition) is 4. The van der Waals surface area contributed by atoms with Crippen LogP contribution >= 0.6 is 46.4 Å². The second-order valence-electron chi connectivity index (χ2n) is 3.47. The molecular weight excluding hydrogens is 334 g/mol. The summed E-state index contributed by atoms with van der Waals surface area (Å²) in [4.78, 5) is 11.6. The molecule has 0 unspecified atom stereocenters. The van der Waals surface area contributed by atoms with Gasteiger partial charge in [0.15, 0.2) is 5.69 Å². The molecule has 0 amide bonds. The molecule has 0 radical (unpaired) electrons.